The van der Waals surface area contributed by atoms with E-state index in [9.17, 15) is 9.59 Å². The van der Waals surface area contributed by atoms with E-state index in [1.807, 2.05) is 18.2 Å². The van der Waals surface area contributed by atoms with Crippen molar-refractivity contribution in [1.82, 2.24) is 5.32 Å². The number of furan rings is 1. The van der Waals surface area contributed by atoms with Crippen LogP contribution in [0.2, 0.25) is 0 Å². The third-order valence-electron chi connectivity index (χ3n) is 5.43. The molecule has 1 fully saturated rings. The topological polar surface area (TPSA) is 71.3 Å². The minimum atomic E-state index is -0.322. The van der Waals surface area contributed by atoms with Gasteiger partial charge in [-0.25, -0.2) is 0 Å². The Bertz CT molecular complexity index is 943. The van der Waals surface area contributed by atoms with E-state index in [2.05, 4.69) is 22.8 Å². The van der Waals surface area contributed by atoms with Gasteiger partial charge in [-0.15, -0.1) is 0 Å². The molecule has 28 heavy (non-hydrogen) atoms. The summed E-state index contributed by atoms with van der Waals surface area (Å²) in [4.78, 5) is 24.6. The lowest BCUT2D eigenvalue weighted by Crippen LogP contribution is -2.45. The van der Waals surface area contributed by atoms with Crippen LogP contribution in [0.1, 0.15) is 45.7 Å². The minimum absolute atomic E-state index is 0.0495. The summed E-state index contributed by atoms with van der Waals surface area (Å²) in [7, 11) is 0. The molecule has 1 aliphatic rings. The number of carbonyl (C=O) groups excluding carboxylic acids is 2. The van der Waals surface area contributed by atoms with E-state index in [1.165, 1.54) is 18.2 Å². The van der Waals surface area contributed by atoms with E-state index >= 15 is 0 Å². The molecule has 5 heteroatoms. The zero-order valence-electron chi connectivity index (χ0n) is 15.5. The largest absolute Gasteiger partial charge is 0.459 e. The SMILES string of the molecule is O=C(NCC1(c2ccccc2)CCC1)c1ccc(NC(=O)c2ccco2)cc1. The Kier molecular flexibility index (Phi) is 4.98. The number of amides is 2. The first kappa shape index (κ1) is 18.0. The number of carbonyl (C=O) groups is 2. The maximum atomic E-state index is 12.6. The monoisotopic (exact) mass is 374 g/mol. The lowest BCUT2D eigenvalue weighted by Gasteiger charge is -2.42. The molecule has 1 heterocycles. The van der Waals surface area contributed by atoms with Crippen molar-refractivity contribution in [3.8, 4) is 0 Å². The van der Waals surface area contributed by atoms with E-state index in [1.54, 1.807) is 36.4 Å². The molecule has 0 radical (unpaired) electrons. The summed E-state index contributed by atoms with van der Waals surface area (Å²) in [5.41, 5.74) is 2.52. The molecule has 1 aliphatic carbocycles. The average Bonchev–Trinajstić information content (AvgIpc) is 3.23. The molecule has 0 spiro atoms. The summed E-state index contributed by atoms with van der Waals surface area (Å²) in [6.45, 7) is 0.632. The van der Waals surface area contributed by atoms with Gasteiger partial charge in [-0.05, 0) is 54.8 Å². The van der Waals surface area contributed by atoms with Crippen LogP contribution in [0.25, 0.3) is 0 Å². The number of hydrogen-bond acceptors (Lipinski definition) is 3. The molecule has 2 amide bonds. The predicted octanol–water partition coefficient (Wildman–Crippen LogP) is 4.38. The number of anilines is 1. The van der Waals surface area contributed by atoms with Crippen molar-refractivity contribution < 1.29 is 14.0 Å². The van der Waals surface area contributed by atoms with Gasteiger partial charge in [-0.2, -0.15) is 0 Å². The van der Waals surface area contributed by atoms with Crippen molar-refractivity contribution in [1.29, 1.82) is 0 Å². The highest BCUT2D eigenvalue weighted by Crippen LogP contribution is 2.43. The van der Waals surface area contributed by atoms with Crippen LogP contribution in [-0.4, -0.2) is 18.4 Å². The summed E-state index contributed by atoms with van der Waals surface area (Å²) in [6, 6.07) is 20.5. The Morgan fingerprint density at radius 1 is 0.893 bits per heavy atom. The Hall–Kier alpha value is -3.34. The number of nitrogens with one attached hydrogen (secondary N) is 2. The molecule has 0 unspecified atom stereocenters. The molecule has 0 saturated heterocycles. The summed E-state index contributed by atoms with van der Waals surface area (Å²) in [6.07, 6.45) is 4.82. The van der Waals surface area contributed by atoms with Gasteiger partial charge in [0, 0.05) is 23.2 Å². The number of hydrogen-bond donors (Lipinski definition) is 2. The molecule has 0 atom stereocenters. The van der Waals surface area contributed by atoms with E-state index in [0.29, 0.717) is 17.8 Å². The zero-order chi connectivity index (χ0) is 19.4. The first-order valence-corrected chi connectivity index (χ1v) is 9.45. The standard InChI is InChI=1S/C23H22N2O3/c26-21(24-16-23(13-5-14-23)18-6-2-1-3-7-18)17-9-11-19(12-10-17)25-22(27)20-8-4-15-28-20/h1-4,6-12,15H,5,13-14,16H2,(H,24,26)(H,25,27). The molecule has 0 aliphatic heterocycles. The van der Waals surface area contributed by atoms with Gasteiger partial charge >= 0.3 is 0 Å². The third kappa shape index (κ3) is 3.69. The molecule has 1 saturated carbocycles. The predicted molar refractivity (Wildman–Crippen MR) is 107 cm³/mol. The Morgan fingerprint density at radius 2 is 1.64 bits per heavy atom. The van der Waals surface area contributed by atoms with Crippen LogP contribution in [0.15, 0.2) is 77.4 Å². The maximum absolute atomic E-state index is 12.6. The number of rotatable bonds is 6. The van der Waals surface area contributed by atoms with E-state index < -0.39 is 0 Å². The first-order valence-electron chi connectivity index (χ1n) is 9.45. The lowest BCUT2D eigenvalue weighted by atomic mass is 9.64. The molecule has 1 aromatic heterocycles. The van der Waals surface area contributed by atoms with Crippen molar-refractivity contribution in [2.45, 2.75) is 24.7 Å². The molecule has 4 rings (SSSR count). The highest BCUT2D eigenvalue weighted by Gasteiger charge is 2.38. The van der Waals surface area contributed by atoms with Crippen LogP contribution < -0.4 is 10.6 Å². The van der Waals surface area contributed by atoms with Crippen LogP contribution >= 0.6 is 0 Å². The summed E-state index contributed by atoms with van der Waals surface area (Å²) < 4.78 is 5.07. The molecule has 2 aromatic carbocycles. The van der Waals surface area contributed by atoms with E-state index in [-0.39, 0.29) is 23.0 Å². The fourth-order valence-corrected chi connectivity index (χ4v) is 3.62. The number of benzene rings is 2. The van der Waals surface area contributed by atoms with Crippen molar-refractivity contribution >= 4 is 17.5 Å². The van der Waals surface area contributed by atoms with Gasteiger partial charge in [0.15, 0.2) is 5.76 Å². The van der Waals surface area contributed by atoms with Gasteiger partial charge < -0.3 is 15.1 Å². The second-order valence-corrected chi connectivity index (χ2v) is 7.19. The van der Waals surface area contributed by atoms with E-state index in [0.717, 1.165) is 12.8 Å². The maximum Gasteiger partial charge on any atom is 0.291 e. The van der Waals surface area contributed by atoms with Crippen molar-refractivity contribution in [2.24, 2.45) is 0 Å². The second-order valence-electron chi connectivity index (χ2n) is 7.19. The Morgan fingerprint density at radius 3 is 2.25 bits per heavy atom. The van der Waals surface area contributed by atoms with Crippen LogP contribution in [0.4, 0.5) is 5.69 Å². The molecular formula is C23H22N2O3. The molecule has 3 aromatic rings. The molecule has 142 valence electrons. The van der Waals surface area contributed by atoms with Crippen LogP contribution in [0.3, 0.4) is 0 Å². The lowest BCUT2D eigenvalue weighted by molar-refractivity contribution is 0.0927. The molecule has 2 N–H and O–H groups in total. The summed E-state index contributed by atoms with van der Waals surface area (Å²) in [5.74, 6) is -0.184. The van der Waals surface area contributed by atoms with Gasteiger partial charge in [-0.3, -0.25) is 9.59 Å². The fraction of sp³-hybridized carbons (Fsp3) is 0.217. The Labute approximate surface area is 163 Å². The van der Waals surface area contributed by atoms with Gasteiger partial charge in [0.25, 0.3) is 11.8 Å². The van der Waals surface area contributed by atoms with Gasteiger partial charge in [0.05, 0.1) is 6.26 Å². The first-order chi connectivity index (χ1) is 13.7. The van der Waals surface area contributed by atoms with Gasteiger partial charge in [0.1, 0.15) is 0 Å². The van der Waals surface area contributed by atoms with Gasteiger partial charge in [0.2, 0.25) is 0 Å². The Balaban J connectivity index is 1.37. The van der Waals surface area contributed by atoms with Crippen LogP contribution in [-0.2, 0) is 5.41 Å². The quantitative estimate of drug-likeness (QED) is 0.672. The second kappa shape index (κ2) is 7.72. The van der Waals surface area contributed by atoms with Crippen LogP contribution in [0.5, 0.6) is 0 Å². The van der Waals surface area contributed by atoms with E-state index in [4.69, 9.17) is 4.42 Å². The fourth-order valence-electron chi connectivity index (χ4n) is 3.62. The van der Waals surface area contributed by atoms with Crippen molar-refractivity contribution in [3.63, 3.8) is 0 Å². The van der Waals surface area contributed by atoms with Crippen molar-refractivity contribution in [2.75, 3.05) is 11.9 Å². The van der Waals surface area contributed by atoms with Gasteiger partial charge in [-0.1, -0.05) is 36.8 Å². The summed E-state index contributed by atoms with van der Waals surface area (Å²) >= 11 is 0. The van der Waals surface area contributed by atoms with Crippen LogP contribution in [0, 0.1) is 0 Å². The third-order valence-corrected chi connectivity index (χ3v) is 5.43. The van der Waals surface area contributed by atoms with Crippen molar-refractivity contribution in [3.05, 3.63) is 89.9 Å². The zero-order valence-corrected chi connectivity index (χ0v) is 15.5. The normalized spacial score (nSPS) is 14.7. The molecule has 0 bridgehead atoms. The molecular weight excluding hydrogens is 352 g/mol. The average molecular weight is 374 g/mol. The molecule has 5 nitrogen and oxygen atoms in total. The highest BCUT2D eigenvalue weighted by atomic mass is 16.3. The highest BCUT2D eigenvalue weighted by molar-refractivity contribution is 6.02. The smallest absolute Gasteiger partial charge is 0.291 e. The minimum Gasteiger partial charge on any atom is -0.459 e. The summed E-state index contributed by atoms with van der Waals surface area (Å²) in [5, 5.41) is 5.82.